The third kappa shape index (κ3) is 2.93. The number of Topliss-reactive ketones (excluding diaryl/α,β-unsaturated/α-hetero) is 1. The zero-order valence-electron chi connectivity index (χ0n) is 15.9. The molecule has 4 rings (SSSR count). The minimum Gasteiger partial charge on any atom is -0.497 e. The van der Waals surface area contributed by atoms with Crippen LogP contribution in [0, 0.1) is 0 Å². The van der Waals surface area contributed by atoms with Crippen molar-refractivity contribution < 1.29 is 23.7 Å². The Morgan fingerprint density at radius 3 is 2.67 bits per heavy atom. The Morgan fingerprint density at radius 2 is 1.93 bits per heavy atom. The molecular weight excluding hydrogens is 344 g/mol. The standard InChI is InChI=1S/C22H22O5/c1-22(2)10-9-15-18(27-22)8-7-16-20(23)17(12-26-21(15)16)14-6-5-13(24-3)11-19(14)25-4/h5-11,17H,12H2,1-4H3. The van der Waals surface area contributed by atoms with Gasteiger partial charge in [0.2, 0.25) is 0 Å². The zero-order chi connectivity index (χ0) is 19.2. The molecule has 0 saturated carbocycles. The molecule has 0 aliphatic carbocycles. The predicted molar refractivity (Wildman–Crippen MR) is 102 cm³/mol. The maximum atomic E-state index is 13.2. The summed E-state index contributed by atoms with van der Waals surface area (Å²) in [6.45, 7) is 4.23. The molecule has 5 heteroatoms. The van der Waals surface area contributed by atoms with E-state index in [9.17, 15) is 4.79 Å². The number of carbonyl (C=O) groups is 1. The van der Waals surface area contributed by atoms with Crippen LogP contribution in [0.25, 0.3) is 6.08 Å². The topological polar surface area (TPSA) is 54.0 Å². The number of carbonyl (C=O) groups excluding carboxylic acids is 1. The monoisotopic (exact) mass is 366 g/mol. The molecule has 0 fully saturated rings. The molecule has 27 heavy (non-hydrogen) atoms. The van der Waals surface area contributed by atoms with Crippen LogP contribution in [0.1, 0.15) is 41.3 Å². The molecule has 0 radical (unpaired) electrons. The molecule has 2 aromatic carbocycles. The fourth-order valence-electron chi connectivity index (χ4n) is 3.55. The highest BCUT2D eigenvalue weighted by Gasteiger charge is 2.35. The number of ether oxygens (including phenoxy) is 4. The van der Waals surface area contributed by atoms with Gasteiger partial charge in [-0.2, -0.15) is 0 Å². The van der Waals surface area contributed by atoms with E-state index in [1.165, 1.54) is 0 Å². The maximum Gasteiger partial charge on any atom is 0.177 e. The lowest BCUT2D eigenvalue weighted by Crippen LogP contribution is -2.30. The molecule has 0 spiro atoms. The number of fused-ring (bicyclic) bond motifs is 3. The second-order valence-electron chi connectivity index (χ2n) is 7.23. The van der Waals surface area contributed by atoms with Gasteiger partial charge < -0.3 is 18.9 Å². The fraction of sp³-hybridized carbons (Fsp3) is 0.318. The van der Waals surface area contributed by atoms with E-state index in [-0.39, 0.29) is 18.0 Å². The van der Waals surface area contributed by atoms with Crippen molar-refractivity contribution in [2.45, 2.75) is 25.4 Å². The van der Waals surface area contributed by atoms with Crippen molar-refractivity contribution in [2.24, 2.45) is 0 Å². The van der Waals surface area contributed by atoms with Crippen molar-refractivity contribution in [1.82, 2.24) is 0 Å². The van der Waals surface area contributed by atoms with E-state index in [1.54, 1.807) is 26.4 Å². The first-order chi connectivity index (χ1) is 12.9. The Labute approximate surface area is 158 Å². The first-order valence-corrected chi connectivity index (χ1v) is 8.87. The van der Waals surface area contributed by atoms with E-state index in [0.29, 0.717) is 22.8 Å². The van der Waals surface area contributed by atoms with E-state index in [4.69, 9.17) is 18.9 Å². The third-order valence-corrected chi connectivity index (χ3v) is 4.97. The van der Waals surface area contributed by atoms with Gasteiger partial charge in [-0.3, -0.25) is 4.79 Å². The van der Waals surface area contributed by atoms with Gasteiger partial charge in [0, 0.05) is 11.6 Å². The summed E-state index contributed by atoms with van der Waals surface area (Å²) in [6.07, 6.45) is 3.95. The SMILES string of the molecule is COc1ccc(C2COc3c(ccc4c3C=CC(C)(C)O4)C2=O)c(OC)c1. The summed E-state index contributed by atoms with van der Waals surface area (Å²) in [5.74, 6) is 2.20. The molecule has 2 heterocycles. The highest BCUT2D eigenvalue weighted by atomic mass is 16.5. The normalized spacial score (nSPS) is 19.4. The zero-order valence-corrected chi connectivity index (χ0v) is 15.9. The highest BCUT2D eigenvalue weighted by Crippen LogP contribution is 2.44. The van der Waals surface area contributed by atoms with Crippen molar-refractivity contribution in [1.29, 1.82) is 0 Å². The van der Waals surface area contributed by atoms with Gasteiger partial charge in [0.05, 0.1) is 31.3 Å². The van der Waals surface area contributed by atoms with E-state index in [1.807, 2.05) is 44.2 Å². The van der Waals surface area contributed by atoms with E-state index >= 15 is 0 Å². The number of benzene rings is 2. The molecule has 2 aliphatic rings. The lowest BCUT2D eigenvalue weighted by molar-refractivity contribution is 0.0892. The van der Waals surface area contributed by atoms with Crippen LogP contribution in [0.15, 0.2) is 36.4 Å². The molecule has 0 aromatic heterocycles. The molecule has 140 valence electrons. The largest absolute Gasteiger partial charge is 0.497 e. The Hall–Kier alpha value is -2.95. The summed E-state index contributed by atoms with van der Waals surface area (Å²) in [4.78, 5) is 13.2. The van der Waals surface area contributed by atoms with Gasteiger partial charge in [-0.15, -0.1) is 0 Å². The molecule has 0 bridgehead atoms. The van der Waals surface area contributed by atoms with Crippen LogP contribution in [0.2, 0.25) is 0 Å². The minimum atomic E-state index is -0.429. The van der Waals surface area contributed by atoms with E-state index in [0.717, 1.165) is 16.9 Å². The molecule has 2 aliphatic heterocycles. The molecule has 0 N–H and O–H groups in total. The average molecular weight is 366 g/mol. The van der Waals surface area contributed by atoms with Gasteiger partial charge in [-0.1, -0.05) is 6.07 Å². The Balaban J connectivity index is 1.73. The number of hydrogen-bond acceptors (Lipinski definition) is 5. The van der Waals surface area contributed by atoms with E-state index in [2.05, 4.69) is 0 Å². The summed E-state index contributed by atoms with van der Waals surface area (Å²) < 4.78 is 22.7. The molecule has 5 nitrogen and oxygen atoms in total. The number of methoxy groups -OCH3 is 2. The van der Waals surface area contributed by atoms with Crippen LogP contribution in [-0.2, 0) is 0 Å². The lowest BCUT2D eigenvalue weighted by Gasteiger charge is -2.32. The van der Waals surface area contributed by atoms with E-state index < -0.39 is 5.92 Å². The van der Waals surface area contributed by atoms with Gasteiger partial charge in [0.1, 0.15) is 35.2 Å². The lowest BCUT2D eigenvalue weighted by atomic mass is 9.86. The van der Waals surface area contributed by atoms with Crippen LogP contribution in [0.3, 0.4) is 0 Å². The van der Waals surface area contributed by atoms with Crippen LogP contribution >= 0.6 is 0 Å². The molecule has 1 atom stereocenters. The van der Waals surface area contributed by atoms with Gasteiger partial charge in [-0.25, -0.2) is 0 Å². The van der Waals surface area contributed by atoms with Gasteiger partial charge in [0.25, 0.3) is 0 Å². The van der Waals surface area contributed by atoms with Crippen molar-refractivity contribution in [3.8, 4) is 23.0 Å². The fourth-order valence-corrected chi connectivity index (χ4v) is 3.55. The van der Waals surface area contributed by atoms with Crippen LogP contribution in [-0.4, -0.2) is 32.2 Å². The van der Waals surface area contributed by atoms with Crippen LogP contribution in [0.4, 0.5) is 0 Å². The quantitative estimate of drug-likeness (QED) is 0.813. The Kier molecular flexibility index (Phi) is 4.10. The average Bonchev–Trinajstić information content (AvgIpc) is 2.66. The van der Waals surface area contributed by atoms with Crippen LogP contribution in [0.5, 0.6) is 23.0 Å². The molecule has 0 saturated heterocycles. The molecule has 0 amide bonds. The second kappa shape index (κ2) is 6.34. The van der Waals surface area contributed by atoms with Crippen molar-refractivity contribution in [2.75, 3.05) is 20.8 Å². The Morgan fingerprint density at radius 1 is 1.11 bits per heavy atom. The molecular formula is C22H22O5. The number of hydrogen-bond donors (Lipinski definition) is 0. The van der Waals surface area contributed by atoms with Gasteiger partial charge in [-0.05, 0) is 44.2 Å². The summed E-state index contributed by atoms with van der Waals surface area (Å²) in [6, 6.07) is 9.09. The molecule has 2 aromatic rings. The number of rotatable bonds is 3. The van der Waals surface area contributed by atoms with Gasteiger partial charge in [0.15, 0.2) is 5.78 Å². The summed E-state index contributed by atoms with van der Waals surface area (Å²) >= 11 is 0. The summed E-state index contributed by atoms with van der Waals surface area (Å²) in [5, 5.41) is 0. The minimum absolute atomic E-state index is 0.0146. The third-order valence-electron chi connectivity index (χ3n) is 4.97. The van der Waals surface area contributed by atoms with Crippen molar-refractivity contribution >= 4 is 11.9 Å². The smallest absolute Gasteiger partial charge is 0.177 e. The molecule has 1 unspecified atom stereocenters. The van der Waals surface area contributed by atoms with Crippen LogP contribution < -0.4 is 18.9 Å². The highest BCUT2D eigenvalue weighted by molar-refractivity contribution is 6.05. The first-order valence-electron chi connectivity index (χ1n) is 8.87. The van der Waals surface area contributed by atoms with Gasteiger partial charge >= 0.3 is 0 Å². The predicted octanol–water partition coefficient (Wildman–Crippen LogP) is 4.25. The summed E-state index contributed by atoms with van der Waals surface area (Å²) in [5.41, 5.74) is 1.80. The second-order valence-corrected chi connectivity index (χ2v) is 7.23. The Bertz CT molecular complexity index is 942. The summed E-state index contributed by atoms with van der Waals surface area (Å²) in [7, 11) is 3.18. The van der Waals surface area contributed by atoms with Crippen molar-refractivity contribution in [3.05, 3.63) is 53.1 Å². The first kappa shape index (κ1) is 17.5. The maximum absolute atomic E-state index is 13.2. The number of ketones is 1. The van der Waals surface area contributed by atoms with Crippen molar-refractivity contribution in [3.63, 3.8) is 0 Å².